The second kappa shape index (κ2) is 5.63. The molecule has 2 aromatic rings. The molecule has 1 heterocycles. The van der Waals surface area contributed by atoms with Gasteiger partial charge in [-0.25, -0.2) is 4.39 Å². The first-order valence-corrected chi connectivity index (χ1v) is 6.92. The molecule has 2 aromatic carbocycles. The summed E-state index contributed by atoms with van der Waals surface area (Å²) < 4.78 is 19.5. The average molecular weight is 271 g/mol. The van der Waals surface area contributed by atoms with Gasteiger partial charge in [0.1, 0.15) is 0 Å². The van der Waals surface area contributed by atoms with E-state index in [2.05, 4.69) is 17.4 Å². The van der Waals surface area contributed by atoms with Crippen LogP contribution in [0, 0.1) is 5.82 Å². The van der Waals surface area contributed by atoms with Crippen LogP contribution in [0.4, 0.5) is 4.39 Å². The average Bonchev–Trinajstić information content (AvgIpc) is 2.71. The van der Waals surface area contributed by atoms with Crippen molar-refractivity contribution in [1.29, 1.82) is 0 Å². The molecule has 0 spiro atoms. The van der Waals surface area contributed by atoms with Gasteiger partial charge in [0.15, 0.2) is 11.6 Å². The summed E-state index contributed by atoms with van der Waals surface area (Å²) in [6.07, 6.45) is 0.975. The number of rotatable bonds is 2. The maximum atomic E-state index is 14.5. The van der Waals surface area contributed by atoms with E-state index in [1.807, 2.05) is 24.3 Å². The third-order valence-electron chi connectivity index (χ3n) is 3.95. The summed E-state index contributed by atoms with van der Waals surface area (Å²) in [6, 6.07) is 14.0. The zero-order chi connectivity index (χ0) is 13.9. The van der Waals surface area contributed by atoms with Gasteiger partial charge >= 0.3 is 0 Å². The fraction of sp³-hybridized carbons (Fsp3) is 0.294. The molecule has 0 saturated heterocycles. The minimum Gasteiger partial charge on any atom is -0.494 e. The summed E-state index contributed by atoms with van der Waals surface area (Å²) in [5.41, 5.74) is 3.04. The van der Waals surface area contributed by atoms with Crippen molar-refractivity contribution in [2.45, 2.75) is 18.9 Å². The molecular weight excluding hydrogens is 253 g/mol. The molecule has 0 radical (unpaired) electrons. The van der Waals surface area contributed by atoms with Gasteiger partial charge < -0.3 is 10.1 Å². The van der Waals surface area contributed by atoms with Crippen molar-refractivity contribution in [3.8, 4) is 5.75 Å². The SMILES string of the molecule is COc1ccc2c(c1F)CNCCC2c1ccccc1. The van der Waals surface area contributed by atoms with Crippen molar-refractivity contribution in [2.75, 3.05) is 13.7 Å². The zero-order valence-corrected chi connectivity index (χ0v) is 11.5. The molecule has 1 N–H and O–H groups in total. The number of ether oxygens (including phenoxy) is 1. The third kappa shape index (κ3) is 2.29. The quantitative estimate of drug-likeness (QED) is 0.903. The Bertz CT molecular complexity index is 597. The first-order chi connectivity index (χ1) is 9.81. The molecule has 0 aliphatic carbocycles. The second-order valence-electron chi connectivity index (χ2n) is 5.08. The highest BCUT2D eigenvalue weighted by Crippen LogP contribution is 2.35. The van der Waals surface area contributed by atoms with Gasteiger partial charge in [0.2, 0.25) is 0 Å². The maximum Gasteiger partial charge on any atom is 0.169 e. The van der Waals surface area contributed by atoms with Crippen LogP contribution in [0.2, 0.25) is 0 Å². The predicted molar refractivity (Wildman–Crippen MR) is 77.6 cm³/mol. The number of methoxy groups -OCH3 is 1. The lowest BCUT2D eigenvalue weighted by molar-refractivity contribution is 0.383. The van der Waals surface area contributed by atoms with Crippen LogP contribution in [-0.4, -0.2) is 13.7 Å². The molecular formula is C17H18FNO. The predicted octanol–water partition coefficient (Wildman–Crippen LogP) is 3.46. The topological polar surface area (TPSA) is 21.3 Å². The summed E-state index contributed by atoms with van der Waals surface area (Å²) >= 11 is 0. The highest BCUT2D eigenvalue weighted by molar-refractivity contribution is 5.44. The third-order valence-corrected chi connectivity index (χ3v) is 3.95. The van der Waals surface area contributed by atoms with E-state index in [9.17, 15) is 4.39 Å². The van der Waals surface area contributed by atoms with Crippen LogP contribution in [0.25, 0.3) is 0 Å². The fourth-order valence-corrected chi connectivity index (χ4v) is 2.93. The number of nitrogens with one attached hydrogen (secondary N) is 1. The molecule has 1 atom stereocenters. The maximum absolute atomic E-state index is 14.5. The molecule has 20 heavy (non-hydrogen) atoms. The highest BCUT2D eigenvalue weighted by atomic mass is 19.1. The van der Waals surface area contributed by atoms with Gasteiger partial charge in [-0.2, -0.15) is 0 Å². The van der Waals surface area contributed by atoms with Crippen LogP contribution in [-0.2, 0) is 6.54 Å². The second-order valence-corrected chi connectivity index (χ2v) is 5.08. The summed E-state index contributed by atoms with van der Waals surface area (Å²) in [5, 5.41) is 3.30. The lowest BCUT2D eigenvalue weighted by Crippen LogP contribution is -2.13. The van der Waals surface area contributed by atoms with Crippen molar-refractivity contribution >= 4 is 0 Å². The largest absolute Gasteiger partial charge is 0.494 e. The fourth-order valence-electron chi connectivity index (χ4n) is 2.93. The van der Waals surface area contributed by atoms with E-state index in [-0.39, 0.29) is 11.7 Å². The summed E-state index contributed by atoms with van der Waals surface area (Å²) in [5.74, 6) is 0.321. The van der Waals surface area contributed by atoms with Crippen LogP contribution in [0.5, 0.6) is 5.75 Å². The van der Waals surface area contributed by atoms with E-state index < -0.39 is 0 Å². The first kappa shape index (κ1) is 13.1. The number of hydrogen-bond donors (Lipinski definition) is 1. The van der Waals surface area contributed by atoms with Gasteiger partial charge in [-0.1, -0.05) is 36.4 Å². The molecule has 104 valence electrons. The Labute approximate surface area is 118 Å². The Morgan fingerprint density at radius 1 is 1.15 bits per heavy atom. The monoisotopic (exact) mass is 271 g/mol. The van der Waals surface area contributed by atoms with Gasteiger partial charge in [0, 0.05) is 18.0 Å². The van der Waals surface area contributed by atoms with E-state index in [0.717, 1.165) is 24.1 Å². The van der Waals surface area contributed by atoms with Crippen LogP contribution in [0.3, 0.4) is 0 Å². The van der Waals surface area contributed by atoms with Crippen molar-refractivity contribution in [2.24, 2.45) is 0 Å². The molecule has 1 aliphatic heterocycles. The lowest BCUT2D eigenvalue weighted by atomic mass is 9.86. The summed E-state index contributed by atoms with van der Waals surface area (Å²) in [7, 11) is 1.50. The smallest absolute Gasteiger partial charge is 0.169 e. The highest BCUT2D eigenvalue weighted by Gasteiger charge is 2.24. The molecule has 0 fully saturated rings. The van der Waals surface area contributed by atoms with Crippen LogP contribution in [0.15, 0.2) is 42.5 Å². The van der Waals surface area contributed by atoms with Crippen LogP contribution >= 0.6 is 0 Å². The Morgan fingerprint density at radius 3 is 2.70 bits per heavy atom. The normalized spacial score (nSPS) is 18.2. The molecule has 1 unspecified atom stereocenters. The molecule has 3 heteroatoms. The Kier molecular flexibility index (Phi) is 3.70. The van der Waals surface area contributed by atoms with Crippen molar-refractivity contribution < 1.29 is 9.13 Å². The zero-order valence-electron chi connectivity index (χ0n) is 11.5. The van der Waals surface area contributed by atoms with Crippen molar-refractivity contribution in [1.82, 2.24) is 5.32 Å². The van der Waals surface area contributed by atoms with Gasteiger partial charge in [-0.3, -0.25) is 0 Å². The van der Waals surface area contributed by atoms with Gasteiger partial charge in [0.05, 0.1) is 7.11 Å². The van der Waals surface area contributed by atoms with Crippen molar-refractivity contribution in [3.05, 3.63) is 65.0 Å². The first-order valence-electron chi connectivity index (χ1n) is 6.92. The Hall–Kier alpha value is -1.87. The van der Waals surface area contributed by atoms with E-state index in [0.29, 0.717) is 12.3 Å². The molecule has 3 rings (SSSR count). The van der Waals surface area contributed by atoms with Crippen LogP contribution in [0.1, 0.15) is 29.0 Å². The van der Waals surface area contributed by atoms with Gasteiger partial charge in [0.25, 0.3) is 0 Å². The number of hydrogen-bond acceptors (Lipinski definition) is 2. The van der Waals surface area contributed by atoms with Gasteiger partial charge in [-0.05, 0) is 30.2 Å². The summed E-state index contributed by atoms with van der Waals surface area (Å²) in [6.45, 7) is 1.44. The van der Waals surface area contributed by atoms with Crippen LogP contribution < -0.4 is 10.1 Å². The molecule has 0 aromatic heterocycles. The van der Waals surface area contributed by atoms with E-state index in [1.54, 1.807) is 6.07 Å². The Balaban J connectivity index is 2.11. The molecule has 1 aliphatic rings. The van der Waals surface area contributed by atoms with Gasteiger partial charge in [-0.15, -0.1) is 0 Å². The standard InChI is InChI=1S/C17H18FNO/c1-20-16-8-7-14-13(12-5-3-2-4-6-12)9-10-19-11-15(14)17(16)18/h2-8,13,19H,9-11H2,1H3. The minimum atomic E-state index is -0.236. The van der Waals surface area contributed by atoms with E-state index >= 15 is 0 Å². The number of benzene rings is 2. The number of fused-ring (bicyclic) bond motifs is 1. The molecule has 0 amide bonds. The Morgan fingerprint density at radius 2 is 1.95 bits per heavy atom. The van der Waals surface area contributed by atoms with Crippen molar-refractivity contribution in [3.63, 3.8) is 0 Å². The van der Waals surface area contributed by atoms with E-state index in [1.165, 1.54) is 12.7 Å². The lowest BCUT2D eigenvalue weighted by Gasteiger charge is -2.19. The van der Waals surface area contributed by atoms with E-state index in [4.69, 9.17) is 4.74 Å². The number of halogens is 1. The minimum absolute atomic E-state index is 0.236. The molecule has 2 nitrogen and oxygen atoms in total. The molecule has 0 bridgehead atoms. The molecule has 0 saturated carbocycles. The summed E-state index contributed by atoms with van der Waals surface area (Å²) in [4.78, 5) is 0.